The zero-order valence-electron chi connectivity index (χ0n) is 15.4. The number of fused-ring (bicyclic) bond motifs is 3. The second-order valence-electron chi connectivity index (χ2n) is 7.21. The van der Waals surface area contributed by atoms with Crippen LogP contribution in [0.15, 0.2) is 60.7 Å². The standard InChI is InChI=1S/C23H21FN2O/c1-14(2)16-8-11-18-21(12-16)26(13-15-6-9-17(24)10-7-15)20-5-3-4-19(22(18)20)23(25)27/h3-12,14H,13H2,1-2H3,(H2,25,27). The maximum Gasteiger partial charge on any atom is 0.249 e. The van der Waals surface area contributed by atoms with Gasteiger partial charge in [-0.25, -0.2) is 4.39 Å². The van der Waals surface area contributed by atoms with E-state index in [0.717, 1.165) is 27.4 Å². The normalized spacial score (nSPS) is 11.6. The molecule has 0 aliphatic rings. The summed E-state index contributed by atoms with van der Waals surface area (Å²) >= 11 is 0. The van der Waals surface area contributed by atoms with Crippen molar-refractivity contribution in [3.05, 3.63) is 83.2 Å². The molecule has 0 saturated heterocycles. The van der Waals surface area contributed by atoms with Gasteiger partial charge in [0.1, 0.15) is 5.82 Å². The maximum atomic E-state index is 13.3. The van der Waals surface area contributed by atoms with Gasteiger partial charge in [-0.05, 0) is 47.4 Å². The first kappa shape index (κ1) is 17.3. The number of hydrogen-bond donors (Lipinski definition) is 1. The van der Waals surface area contributed by atoms with Crippen molar-refractivity contribution in [1.82, 2.24) is 4.57 Å². The Labute approximate surface area is 157 Å². The molecule has 1 heterocycles. The van der Waals surface area contributed by atoms with Crippen molar-refractivity contribution < 1.29 is 9.18 Å². The molecule has 4 heteroatoms. The number of halogens is 1. The number of carbonyl (C=O) groups excluding carboxylic acids is 1. The molecule has 0 fully saturated rings. The lowest BCUT2D eigenvalue weighted by atomic mass is 10.00. The lowest BCUT2D eigenvalue weighted by Crippen LogP contribution is -2.11. The minimum Gasteiger partial charge on any atom is -0.366 e. The Morgan fingerprint density at radius 2 is 1.78 bits per heavy atom. The van der Waals surface area contributed by atoms with Gasteiger partial charge >= 0.3 is 0 Å². The van der Waals surface area contributed by atoms with Crippen LogP contribution in [0.2, 0.25) is 0 Å². The fourth-order valence-corrected chi connectivity index (χ4v) is 3.67. The van der Waals surface area contributed by atoms with Crippen molar-refractivity contribution in [3.63, 3.8) is 0 Å². The average Bonchev–Trinajstić information content (AvgIpc) is 2.96. The quantitative estimate of drug-likeness (QED) is 0.534. The van der Waals surface area contributed by atoms with Crippen LogP contribution in [0.1, 0.15) is 41.3 Å². The number of nitrogens with zero attached hydrogens (tertiary/aromatic N) is 1. The largest absolute Gasteiger partial charge is 0.366 e. The van der Waals surface area contributed by atoms with Gasteiger partial charge in [-0.1, -0.05) is 44.2 Å². The molecular formula is C23H21FN2O. The zero-order valence-corrected chi connectivity index (χ0v) is 15.4. The van der Waals surface area contributed by atoms with Crippen molar-refractivity contribution in [2.24, 2.45) is 5.73 Å². The lowest BCUT2D eigenvalue weighted by Gasteiger charge is -2.10. The Morgan fingerprint density at radius 3 is 2.44 bits per heavy atom. The predicted molar refractivity (Wildman–Crippen MR) is 108 cm³/mol. The monoisotopic (exact) mass is 360 g/mol. The molecule has 0 saturated carbocycles. The molecule has 0 unspecified atom stereocenters. The summed E-state index contributed by atoms with van der Waals surface area (Å²) in [6, 6.07) is 18.5. The van der Waals surface area contributed by atoms with Crippen molar-refractivity contribution >= 4 is 27.7 Å². The molecule has 0 aliphatic carbocycles. The van der Waals surface area contributed by atoms with E-state index in [0.29, 0.717) is 18.0 Å². The maximum absolute atomic E-state index is 13.3. The van der Waals surface area contributed by atoms with E-state index in [1.54, 1.807) is 18.2 Å². The summed E-state index contributed by atoms with van der Waals surface area (Å²) in [5, 5.41) is 1.88. The highest BCUT2D eigenvalue weighted by molar-refractivity contribution is 6.18. The number of benzene rings is 3. The minimum atomic E-state index is -0.436. The van der Waals surface area contributed by atoms with E-state index >= 15 is 0 Å². The van der Waals surface area contributed by atoms with Crippen molar-refractivity contribution in [2.45, 2.75) is 26.3 Å². The second kappa shape index (κ2) is 6.54. The Kier molecular flexibility index (Phi) is 4.19. The molecule has 0 spiro atoms. The third kappa shape index (κ3) is 2.97. The number of primary amides is 1. The number of nitrogens with two attached hydrogens (primary N) is 1. The van der Waals surface area contributed by atoms with E-state index in [-0.39, 0.29) is 5.82 Å². The molecule has 2 N–H and O–H groups in total. The molecule has 0 radical (unpaired) electrons. The van der Waals surface area contributed by atoms with E-state index in [2.05, 4.69) is 36.6 Å². The molecule has 1 amide bonds. The zero-order chi connectivity index (χ0) is 19.1. The lowest BCUT2D eigenvalue weighted by molar-refractivity contribution is 0.100. The predicted octanol–water partition coefficient (Wildman–Crippen LogP) is 5.20. The number of hydrogen-bond acceptors (Lipinski definition) is 1. The minimum absolute atomic E-state index is 0.251. The van der Waals surface area contributed by atoms with Crippen molar-refractivity contribution in [3.8, 4) is 0 Å². The molecule has 1 aromatic heterocycles. The van der Waals surface area contributed by atoms with Gasteiger partial charge in [-0.2, -0.15) is 0 Å². The summed E-state index contributed by atoms with van der Waals surface area (Å²) in [7, 11) is 0. The first-order valence-corrected chi connectivity index (χ1v) is 9.05. The molecule has 0 atom stereocenters. The van der Waals surface area contributed by atoms with Crippen LogP contribution < -0.4 is 5.73 Å². The first-order chi connectivity index (χ1) is 13.0. The molecule has 4 rings (SSSR count). The Hall–Kier alpha value is -3.14. The third-order valence-electron chi connectivity index (χ3n) is 5.10. The Bertz CT molecular complexity index is 1160. The fourth-order valence-electron chi connectivity index (χ4n) is 3.67. The summed E-state index contributed by atoms with van der Waals surface area (Å²) in [4.78, 5) is 12.0. The Balaban J connectivity index is 2.03. The van der Waals surface area contributed by atoms with Crippen LogP contribution in [0, 0.1) is 5.82 Å². The topological polar surface area (TPSA) is 48.0 Å². The van der Waals surface area contributed by atoms with Crippen LogP contribution in [0.25, 0.3) is 21.8 Å². The molecule has 4 aromatic rings. The van der Waals surface area contributed by atoms with Crippen LogP contribution >= 0.6 is 0 Å². The van der Waals surface area contributed by atoms with Gasteiger partial charge in [0.25, 0.3) is 0 Å². The van der Waals surface area contributed by atoms with Gasteiger partial charge in [-0.3, -0.25) is 4.79 Å². The summed E-state index contributed by atoms with van der Waals surface area (Å²) in [5.41, 5.74) is 10.4. The molecule has 3 nitrogen and oxygen atoms in total. The Morgan fingerprint density at radius 1 is 1.04 bits per heavy atom. The molecule has 0 aliphatic heterocycles. The number of rotatable bonds is 4. The van der Waals surface area contributed by atoms with Crippen molar-refractivity contribution in [1.29, 1.82) is 0 Å². The van der Waals surface area contributed by atoms with Crippen LogP contribution in [-0.4, -0.2) is 10.5 Å². The summed E-state index contributed by atoms with van der Waals surface area (Å²) in [6.07, 6.45) is 0. The highest BCUT2D eigenvalue weighted by atomic mass is 19.1. The summed E-state index contributed by atoms with van der Waals surface area (Å²) in [6.45, 7) is 4.90. The van der Waals surface area contributed by atoms with E-state index < -0.39 is 5.91 Å². The van der Waals surface area contributed by atoms with E-state index in [9.17, 15) is 9.18 Å². The average molecular weight is 360 g/mol. The van der Waals surface area contributed by atoms with Gasteiger partial charge in [0.15, 0.2) is 0 Å². The van der Waals surface area contributed by atoms with Crippen molar-refractivity contribution in [2.75, 3.05) is 0 Å². The summed E-state index contributed by atoms with van der Waals surface area (Å²) in [5.74, 6) is -0.296. The molecule has 136 valence electrons. The van der Waals surface area contributed by atoms with E-state index in [1.807, 2.05) is 12.1 Å². The summed E-state index contributed by atoms with van der Waals surface area (Å²) < 4.78 is 15.5. The van der Waals surface area contributed by atoms with Gasteiger partial charge < -0.3 is 10.3 Å². The highest BCUT2D eigenvalue weighted by Crippen LogP contribution is 2.34. The molecular weight excluding hydrogens is 339 g/mol. The number of amides is 1. The van der Waals surface area contributed by atoms with Gasteiger partial charge in [0.05, 0.1) is 5.52 Å². The van der Waals surface area contributed by atoms with Gasteiger partial charge in [-0.15, -0.1) is 0 Å². The number of aromatic nitrogens is 1. The van der Waals surface area contributed by atoms with Crippen LogP contribution in [-0.2, 0) is 6.54 Å². The SMILES string of the molecule is CC(C)c1ccc2c3c(C(N)=O)cccc3n(Cc3ccc(F)cc3)c2c1. The van der Waals surface area contributed by atoms with E-state index in [1.165, 1.54) is 17.7 Å². The van der Waals surface area contributed by atoms with E-state index in [4.69, 9.17) is 5.73 Å². The van der Waals surface area contributed by atoms with Gasteiger partial charge in [0, 0.05) is 28.4 Å². The smallest absolute Gasteiger partial charge is 0.249 e. The molecule has 3 aromatic carbocycles. The fraction of sp³-hybridized carbons (Fsp3) is 0.174. The third-order valence-corrected chi connectivity index (χ3v) is 5.10. The molecule has 27 heavy (non-hydrogen) atoms. The van der Waals surface area contributed by atoms with Crippen LogP contribution in [0.5, 0.6) is 0 Å². The number of carbonyl (C=O) groups is 1. The second-order valence-corrected chi connectivity index (χ2v) is 7.21. The first-order valence-electron chi connectivity index (χ1n) is 9.05. The van der Waals surface area contributed by atoms with Crippen LogP contribution in [0.4, 0.5) is 4.39 Å². The van der Waals surface area contributed by atoms with Gasteiger partial charge in [0.2, 0.25) is 5.91 Å². The molecule has 0 bridgehead atoms. The van der Waals surface area contributed by atoms with Crippen LogP contribution in [0.3, 0.4) is 0 Å². The highest BCUT2D eigenvalue weighted by Gasteiger charge is 2.17.